The highest BCUT2D eigenvalue weighted by Gasteiger charge is 2.27. The van der Waals surface area contributed by atoms with Crippen LogP contribution in [-0.4, -0.2) is 50.8 Å². The highest BCUT2D eigenvalue weighted by molar-refractivity contribution is 5.93. The molecule has 1 atom stereocenters. The van der Waals surface area contributed by atoms with Gasteiger partial charge in [-0.05, 0) is 32.0 Å². The van der Waals surface area contributed by atoms with E-state index in [1.54, 1.807) is 11.0 Å². The average Bonchev–Trinajstić information content (AvgIpc) is 3.06. The molecule has 1 unspecified atom stereocenters. The van der Waals surface area contributed by atoms with Crippen LogP contribution in [0.3, 0.4) is 0 Å². The first-order valence-corrected chi connectivity index (χ1v) is 8.71. The second-order valence-corrected chi connectivity index (χ2v) is 6.39. The Morgan fingerprint density at radius 2 is 2.11 bits per heavy atom. The van der Waals surface area contributed by atoms with Crippen molar-refractivity contribution in [1.29, 1.82) is 0 Å². The Hall–Kier alpha value is -3.13. The summed E-state index contributed by atoms with van der Waals surface area (Å²) >= 11 is 0. The molecule has 138 valence electrons. The van der Waals surface area contributed by atoms with Gasteiger partial charge >= 0.3 is 0 Å². The molecule has 1 amide bonds. The van der Waals surface area contributed by atoms with Crippen molar-refractivity contribution in [2.45, 2.75) is 20.0 Å². The summed E-state index contributed by atoms with van der Waals surface area (Å²) < 4.78 is 11.1. The summed E-state index contributed by atoms with van der Waals surface area (Å²) in [6.45, 7) is 5.16. The lowest BCUT2D eigenvalue weighted by Gasteiger charge is -2.32. The third-order valence-corrected chi connectivity index (χ3v) is 4.57. The minimum atomic E-state index is -0.294. The van der Waals surface area contributed by atoms with Crippen LogP contribution in [0.1, 0.15) is 33.6 Å². The summed E-state index contributed by atoms with van der Waals surface area (Å²) in [5.41, 5.74) is 3.77. The number of amides is 1. The van der Waals surface area contributed by atoms with E-state index < -0.39 is 0 Å². The molecule has 0 aromatic carbocycles. The third kappa shape index (κ3) is 3.43. The SMILES string of the molecule is Cc1noc(C)c1-c1cccc(C2CN(C(=O)c3ccnnc3)CCO2)n1. The Labute approximate surface area is 156 Å². The molecule has 0 saturated carbocycles. The van der Waals surface area contributed by atoms with Gasteiger partial charge in [0.15, 0.2) is 0 Å². The van der Waals surface area contributed by atoms with Crippen LogP contribution in [0.2, 0.25) is 0 Å². The fourth-order valence-corrected chi connectivity index (χ4v) is 3.23. The quantitative estimate of drug-likeness (QED) is 0.703. The van der Waals surface area contributed by atoms with E-state index in [-0.39, 0.29) is 12.0 Å². The molecule has 0 aliphatic carbocycles. The summed E-state index contributed by atoms with van der Waals surface area (Å²) in [5.74, 6) is 0.642. The molecule has 1 saturated heterocycles. The van der Waals surface area contributed by atoms with Crippen LogP contribution >= 0.6 is 0 Å². The van der Waals surface area contributed by atoms with Gasteiger partial charge in [0, 0.05) is 6.54 Å². The first kappa shape index (κ1) is 17.3. The Morgan fingerprint density at radius 3 is 2.85 bits per heavy atom. The molecule has 8 nitrogen and oxygen atoms in total. The van der Waals surface area contributed by atoms with Gasteiger partial charge in [0.05, 0.1) is 53.8 Å². The van der Waals surface area contributed by atoms with Gasteiger partial charge in [-0.3, -0.25) is 4.79 Å². The van der Waals surface area contributed by atoms with Crippen LogP contribution in [0.15, 0.2) is 41.2 Å². The second-order valence-electron chi connectivity index (χ2n) is 6.39. The fraction of sp³-hybridized carbons (Fsp3) is 0.316. The molecule has 0 bridgehead atoms. The van der Waals surface area contributed by atoms with Crippen molar-refractivity contribution in [2.75, 3.05) is 19.7 Å². The van der Waals surface area contributed by atoms with E-state index in [9.17, 15) is 4.79 Å². The van der Waals surface area contributed by atoms with Gasteiger partial charge in [-0.2, -0.15) is 10.2 Å². The maximum atomic E-state index is 12.7. The van der Waals surface area contributed by atoms with Crippen LogP contribution in [0, 0.1) is 13.8 Å². The van der Waals surface area contributed by atoms with Crippen molar-refractivity contribution >= 4 is 5.91 Å². The first-order valence-electron chi connectivity index (χ1n) is 8.71. The van der Waals surface area contributed by atoms with Gasteiger partial charge in [0.25, 0.3) is 5.91 Å². The molecular weight excluding hydrogens is 346 g/mol. The van der Waals surface area contributed by atoms with Crippen LogP contribution in [0.5, 0.6) is 0 Å². The number of aryl methyl sites for hydroxylation is 2. The van der Waals surface area contributed by atoms with Crippen molar-refractivity contribution in [3.05, 3.63) is 59.4 Å². The van der Waals surface area contributed by atoms with Crippen molar-refractivity contribution in [3.63, 3.8) is 0 Å². The number of hydrogen-bond acceptors (Lipinski definition) is 7. The van der Waals surface area contributed by atoms with Crippen LogP contribution in [-0.2, 0) is 4.74 Å². The van der Waals surface area contributed by atoms with Gasteiger partial charge in [-0.1, -0.05) is 11.2 Å². The van der Waals surface area contributed by atoms with E-state index in [0.29, 0.717) is 25.3 Å². The number of pyridine rings is 1. The van der Waals surface area contributed by atoms with Gasteiger partial charge in [0.2, 0.25) is 0 Å². The highest BCUT2D eigenvalue weighted by atomic mass is 16.5. The van der Waals surface area contributed by atoms with E-state index >= 15 is 0 Å². The summed E-state index contributed by atoms with van der Waals surface area (Å²) in [6, 6.07) is 7.43. The van der Waals surface area contributed by atoms with Crippen LogP contribution in [0.25, 0.3) is 11.3 Å². The largest absolute Gasteiger partial charge is 0.368 e. The van der Waals surface area contributed by atoms with Gasteiger partial charge in [0.1, 0.15) is 11.9 Å². The Kier molecular flexibility index (Phi) is 4.64. The van der Waals surface area contributed by atoms with E-state index in [0.717, 1.165) is 28.4 Å². The predicted molar refractivity (Wildman–Crippen MR) is 95.8 cm³/mol. The zero-order valence-electron chi connectivity index (χ0n) is 15.1. The summed E-state index contributed by atoms with van der Waals surface area (Å²) in [7, 11) is 0. The number of morpholine rings is 1. The number of carbonyl (C=O) groups is 1. The minimum Gasteiger partial charge on any atom is -0.368 e. The summed E-state index contributed by atoms with van der Waals surface area (Å²) in [4.78, 5) is 19.2. The molecule has 0 N–H and O–H groups in total. The third-order valence-electron chi connectivity index (χ3n) is 4.57. The topological polar surface area (TPSA) is 94.2 Å². The first-order chi connectivity index (χ1) is 13.1. The molecule has 1 aliphatic heterocycles. The van der Waals surface area contributed by atoms with E-state index in [1.165, 1.54) is 12.4 Å². The molecule has 0 radical (unpaired) electrons. The monoisotopic (exact) mass is 365 g/mol. The van der Waals surface area contributed by atoms with E-state index in [4.69, 9.17) is 14.2 Å². The van der Waals surface area contributed by atoms with E-state index in [2.05, 4.69) is 15.4 Å². The van der Waals surface area contributed by atoms with Crippen LogP contribution in [0.4, 0.5) is 0 Å². The van der Waals surface area contributed by atoms with Crippen molar-refractivity contribution < 1.29 is 14.1 Å². The molecular formula is C19H19N5O3. The fourth-order valence-electron chi connectivity index (χ4n) is 3.23. The molecule has 1 fully saturated rings. The van der Waals surface area contributed by atoms with Gasteiger partial charge in [-0.15, -0.1) is 0 Å². The van der Waals surface area contributed by atoms with Crippen molar-refractivity contribution in [3.8, 4) is 11.3 Å². The van der Waals surface area contributed by atoms with Crippen molar-refractivity contribution in [2.24, 2.45) is 0 Å². The average molecular weight is 365 g/mol. The zero-order chi connectivity index (χ0) is 18.8. The lowest BCUT2D eigenvalue weighted by molar-refractivity contribution is -0.0247. The Morgan fingerprint density at radius 1 is 1.22 bits per heavy atom. The lowest BCUT2D eigenvalue weighted by Crippen LogP contribution is -2.42. The number of ether oxygens (including phenoxy) is 1. The lowest BCUT2D eigenvalue weighted by atomic mass is 10.1. The molecule has 3 aromatic heterocycles. The minimum absolute atomic E-state index is 0.0833. The molecule has 0 spiro atoms. The number of hydrogen-bond donors (Lipinski definition) is 0. The number of carbonyl (C=O) groups excluding carboxylic acids is 1. The molecule has 1 aliphatic rings. The van der Waals surface area contributed by atoms with Crippen LogP contribution < -0.4 is 0 Å². The molecule has 8 heteroatoms. The van der Waals surface area contributed by atoms with E-state index in [1.807, 2.05) is 32.0 Å². The van der Waals surface area contributed by atoms with Gasteiger partial charge in [-0.25, -0.2) is 4.98 Å². The summed E-state index contributed by atoms with van der Waals surface area (Å²) in [5, 5.41) is 11.5. The highest BCUT2D eigenvalue weighted by Crippen LogP contribution is 2.28. The molecule has 3 aromatic rings. The Balaban J connectivity index is 1.57. The number of aromatic nitrogens is 4. The second kappa shape index (κ2) is 7.24. The smallest absolute Gasteiger partial charge is 0.255 e. The summed E-state index contributed by atoms with van der Waals surface area (Å²) in [6.07, 6.45) is 2.70. The van der Waals surface area contributed by atoms with Crippen molar-refractivity contribution in [1.82, 2.24) is 25.2 Å². The molecule has 4 heterocycles. The van der Waals surface area contributed by atoms with Gasteiger partial charge < -0.3 is 14.2 Å². The maximum Gasteiger partial charge on any atom is 0.255 e. The number of nitrogens with zero attached hydrogens (tertiary/aromatic N) is 5. The zero-order valence-corrected chi connectivity index (χ0v) is 15.1. The normalized spacial score (nSPS) is 17.1. The maximum absolute atomic E-state index is 12.7. The number of rotatable bonds is 3. The molecule has 4 rings (SSSR count). The standard InChI is InChI=1S/C19H19N5O3/c1-12-18(13(2)27-23-12)16-5-3-4-15(22-16)17-11-24(8-9-26-17)19(25)14-6-7-20-21-10-14/h3-7,10,17H,8-9,11H2,1-2H3. The predicted octanol–water partition coefficient (Wildman–Crippen LogP) is 2.36. The molecule has 27 heavy (non-hydrogen) atoms. The Bertz CT molecular complexity index is 937.